The second kappa shape index (κ2) is 13.4. The number of ether oxygens (including phenoxy) is 3. The molecule has 3 aromatic rings. The van der Waals surface area contributed by atoms with Crippen LogP contribution in [0.25, 0.3) is 0 Å². The molecule has 0 unspecified atom stereocenters. The van der Waals surface area contributed by atoms with Gasteiger partial charge in [0.1, 0.15) is 29.1 Å². The molecule has 2 heterocycles. The molecular formula is C31H31N5O6S. The van der Waals surface area contributed by atoms with Crippen LogP contribution in [-0.2, 0) is 20.9 Å². The van der Waals surface area contributed by atoms with Gasteiger partial charge in [-0.3, -0.25) is 19.4 Å². The zero-order chi connectivity index (χ0) is 30.3. The molecule has 3 amide bonds. The van der Waals surface area contributed by atoms with E-state index in [0.29, 0.717) is 40.4 Å². The van der Waals surface area contributed by atoms with Gasteiger partial charge in [0.2, 0.25) is 11.8 Å². The van der Waals surface area contributed by atoms with E-state index in [1.54, 1.807) is 25.3 Å². The molecule has 2 aliphatic heterocycles. The predicted octanol–water partition coefficient (Wildman–Crippen LogP) is 4.14. The Bertz CT molecular complexity index is 1590. The zero-order valence-corrected chi connectivity index (χ0v) is 24.8. The van der Waals surface area contributed by atoms with E-state index in [4.69, 9.17) is 19.2 Å². The summed E-state index contributed by atoms with van der Waals surface area (Å²) in [6.45, 7) is 0.368. The molecule has 2 N–H and O–H groups in total. The van der Waals surface area contributed by atoms with Crippen LogP contribution in [0.2, 0.25) is 0 Å². The largest absolute Gasteiger partial charge is 0.497 e. The highest BCUT2D eigenvalue weighted by atomic mass is 32.2. The van der Waals surface area contributed by atoms with E-state index in [1.165, 1.54) is 19.1 Å². The zero-order valence-electron chi connectivity index (χ0n) is 24.0. The molecule has 3 aromatic carbocycles. The quantitative estimate of drug-likeness (QED) is 0.338. The van der Waals surface area contributed by atoms with Crippen molar-refractivity contribution in [2.24, 2.45) is 9.98 Å². The molecule has 0 fully saturated rings. The van der Waals surface area contributed by atoms with Gasteiger partial charge in [0.25, 0.3) is 5.91 Å². The molecule has 0 bridgehead atoms. The van der Waals surface area contributed by atoms with Crippen molar-refractivity contribution in [2.75, 3.05) is 32.4 Å². The van der Waals surface area contributed by atoms with E-state index in [9.17, 15) is 14.4 Å². The van der Waals surface area contributed by atoms with Gasteiger partial charge in [-0.25, -0.2) is 9.89 Å². The van der Waals surface area contributed by atoms with Crippen molar-refractivity contribution in [3.05, 3.63) is 77.9 Å². The third-order valence-electron chi connectivity index (χ3n) is 6.85. The molecule has 0 saturated heterocycles. The van der Waals surface area contributed by atoms with Crippen molar-refractivity contribution in [1.29, 1.82) is 0 Å². The van der Waals surface area contributed by atoms with Gasteiger partial charge in [-0.05, 0) is 48.4 Å². The number of benzene rings is 3. The van der Waals surface area contributed by atoms with Gasteiger partial charge in [-0.1, -0.05) is 36.0 Å². The van der Waals surface area contributed by atoms with E-state index < -0.39 is 6.04 Å². The van der Waals surface area contributed by atoms with Crippen LogP contribution in [0.3, 0.4) is 0 Å². The number of carbonyl (C=O) groups excluding carboxylic acids is 3. The summed E-state index contributed by atoms with van der Waals surface area (Å²) in [6, 6.07) is 19.2. The fraction of sp³-hybridized carbons (Fsp3) is 0.258. The van der Waals surface area contributed by atoms with Crippen LogP contribution in [0.15, 0.2) is 76.7 Å². The normalized spacial score (nSPS) is 15.1. The predicted molar refractivity (Wildman–Crippen MR) is 165 cm³/mol. The number of para-hydroxylation sites is 1. The third kappa shape index (κ3) is 6.81. The number of hydrogen-bond acceptors (Lipinski definition) is 9. The minimum Gasteiger partial charge on any atom is -0.497 e. The Hall–Kier alpha value is -4.84. The number of aliphatic imine (C=N–C) groups is 2. The Balaban J connectivity index is 1.23. The SMILES string of the molecule is COc1ccc(CNC(=O)CC[C@H]2N=C3c4ccccc4N=C(SCC(=O)Nc4cc(OC)ccc4OC)N3C2=O)cc1. The molecule has 12 heteroatoms. The lowest BCUT2D eigenvalue weighted by Crippen LogP contribution is -2.41. The van der Waals surface area contributed by atoms with E-state index >= 15 is 0 Å². The van der Waals surface area contributed by atoms with Crippen LogP contribution >= 0.6 is 11.8 Å². The number of nitrogens with one attached hydrogen (secondary N) is 2. The number of nitrogens with zero attached hydrogens (tertiary/aromatic N) is 3. The third-order valence-corrected chi connectivity index (χ3v) is 7.79. The standard InChI is InChI=1S/C31H31N5O6S/c1-40-20-10-8-19(9-11-20)17-32-27(37)15-13-24-30(39)36-29(34-24)22-6-4-5-7-23(22)35-31(36)43-18-28(38)33-25-16-21(41-2)12-14-26(25)42-3/h4-12,14,16,24H,13,15,17-18H2,1-3H3,(H,32,37)(H,33,38)/t24-/m1/s1. The summed E-state index contributed by atoms with van der Waals surface area (Å²) in [5, 5.41) is 6.07. The topological polar surface area (TPSA) is 131 Å². The van der Waals surface area contributed by atoms with Gasteiger partial charge in [-0.2, -0.15) is 0 Å². The minimum atomic E-state index is -0.742. The molecule has 2 aliphatic rings. The van der Waals surface area contributed by atoms with Crippen LogP contribution in [0.1, 0.15) is 24.0 Å². The van der Waals surface area contributed by atoms with Crippen LogP contribution in [-0.4, -0.2) is 66.7 Å². The number of carbonyl (C=O) groups is 3. The van der Waals surface area contributed by atoms with Crippen LogP contribution in [0.5, 0.6) is 17.2 Å². The monoisotopic (exact) mass is 601 g/mol. The summed E-state index contributed by atoms with van der Waals surface area (Å²) in [5.74, 6) is 1.48. The first-order valence-corrected chi connectivity index (χ1v) is 14.5. The summed E-state index contributed by atoms with van der Waals surface area (Å²) in [7, 11) is 4.65. The number of amides is 3. The summed E-state index contributed by atoms with van der Waals surface area (Å²) in [4.78, 5) is 49.9. The van der Waals surface area contributed by atoms with Crippen molar-refractivity contribution in [1.82, 2.24) is 10.2 Å². The van der Waals surface area contributed by atoms with Gasteiger partial charge >= 0.3 is 0 Å². The van der Waals surface area contributed by atoms with Gasteiger partial charge < -0.3 is 24.8 Å². The second-order valence-electron chi connectivity index (χ2n) is 9.62. The van der Waals surface area contributed by atoms with Crippen LogP contribution in [0, 0.1) is 0 Å². The maximum atomic E-state index is 13.5. The van der Waals surface area contributed by atoms with E-state index in [2.05, 4.69) is 15.6 Å². The van der Waals surface area contributed by atoms with E-state index in [-0.39, 0.29) is 36.3 Å². The molecule has 0 spiro atoms. The molecular weight excluding hydrogens is 570 g/mol. The summed E-state index contributed by atoms with van der Waals surface area (Å²) >= 11 is 1.13. The Morgan fingerprint density at radius 3 is 2.42 bits per heavy atom. The first kappa shape index (κ1) is 29.6. The van der Waals surface area contributed by atoms with Gasteiger partial charge in [-0.15, -0.1) is 0 Å². The van der Waals surface area contributed by atoms with E-state index in [0.717, 1.165) is 28.6 Å². The molecule has 0 aliphatic carbocycles. The highest BCUT2D eigenvalue weighted by molar-refractivity contribution is 8.14. The lowest BCUT2D eigenvalue weighted by Gasteiger charge is -2.25. The minimum absolute atomic E-state index is 0.0170. The number of amidine groups is 2. The lowest BCUT2D eigenvalue weighted by molar-refractivity contribution is -0.125. The van der Waals surface area contributed by atoms with Crippen molar-refractivity contribution in [2.45, 2.75) is 25.4 Å². The Morgan fingerprint density at radius 1 is 0.930 bits per heavy atom. The summed E-state index contributed by atoms with van der Waals surface area (Å²) < 4.78 is 15.8. The summed E-state index contributed by atoms with van der Waals surface area (Å²) in [5.41, 5.74) is 2.78. The second-order valence-corrected chi connectivity index (χ2v) is 10.6. The van der Waals surface area contributed by atoms with Crippen LogP contribution < -0.4 is 24.8 Å². The number of fused-ring (bicyclic) bond motifs is 3. The Kier molecular flexibility index (Phi) is 9.26. The van der Waals surface area contributed by atoms with Crippen molar-refractivity contribution in [3.63, 3.8) is 0 Å². The fourth-order valence-electron chi connectivity index (χ4n) is 4.62. The molecule has 0 radical (unpaired) electrons. The smallest absolute Gasteiger partial charge is 0.259 e. The van der Waals surface area contributed by atoms with Crippen molar-refractivity contribution in [3.8, 4) is 17.2 Å². The number of methoxy groups -OCH3 is 3. The highest BCUT2D eigenvalue weighted by Crippen LogP contribution is 2.35. The summed E-state index contributed by atoms with van der Waals surface area (Å²) in [6.07, 6.45) is 0.368. The molecule has 1 atom stereocenters. The molecule has 0 saturated carbocycles. The van der Waals surface area contributed by atoms with Gasteiger partial charge in [0.15, 0.2) is 5.17 Å². The lowest BCUT2D eigenvalue weighted by atomic mass is 10.1. The van der Waals surface area contributed by atoms with E-state index in [1.807, 2.05) is 48.5 Å². The van der Waals surface area contributed by atoms with Crippen molar-refractivity contribution >= 4 is 51.9 Å². The first-order valence-electron chi connectivity index (χ1n) is 13.5. The van der Waals surface area contributed by atoms with Crippen molar-refractivity contribution < 1.29 is 28.6 Å². The van der Waals surface area contributed by atoms with Crippen LogP contribution in [0.4, 0.5) is 11.4 Å². The number of anilines is 1. The Labute approximate surface area is 253 Å². The highest BCUT2D eigenvalue weighted by Gasteiger charge is 2.41. The molecule has 0 aromatic heterocycles. The average molecular weight is 602 g/mol. The van der Waals surface area contributed by atoms with Gasteiger partial charge in [0.05, 0.1) is 38.5 Å². The van der Waals surface area contributed by atoms with Gasteiger partial charge in [0, 0.05) is 24.6 Å². The molecule has 222 valence electrons. The maximum Gasteiger partial charge on any atom is 0.259 e. The number of rotatable bonds is 11. The molecule has 43 heavy (non-hydrogen) atoms. The molecule has 5 rings (SSSR count). The average Bonchev–Trinajstić information content (AvgIpc) is 3.38. The molecule has 11 nitrogen and oxygen atoms in total. The number of hydrogen-bond donors (Lipinski definition) is 2. The Morgan fingerprint density at radius 2 is 1.67 bits per heavy atom. The fourth-order valence-corrected chi connectivity index (χ4v) is 5.42. The maximum absolute atomic E-state index is 13.5. The first-order chi connectivity index (χ1) is 20.9. The number of thioether (sulfide) groups is 1.